The zero-order chi connectivity index (χ0) is 19.3. The molecule has 2 aromatic carbocycles. The van der Waals surface area contributed by atoms with Gasteiger partial charge in [0.2, 0.25) is 11.8 Å². The van der Waals surface area contributed by atoms with E-state index in [4.69, 9.17) is 0 Å². The van der Waals surface area contributed by atoms with Crippen LogP contribution in [0.25, 0.3) is 0 Å². The van der Waals surface area contributed by atoms with Crippen LogP contribution < -0.4 is 10.2 Å². The quantitative estimate of drug-likeness (QED) is 0.868. The Kier molecular flexibility index (Phi) is 6.52. The molecule has 0 heterocycles. The molecule has 0 aromatic heterocycles. The minimum absolute atomic E-state index is 0.0609. The third-order valence-corrected chi connectivity index (χ3v) is 4.28. The number of hydrogen-bond acceptors (Lipinski definition) is 3. The summed E-state index contributed by atoms with van der Waals surface area (Å²) in [6.45, 7) is 6.33. The predicted octanol–water partition coefficient (Wildman–Crippen LogP) is 3.15. The zero-order valence-corrected chi connectivity index (χ0v) is 16.2. The monoisotopic (exact) mass is 353 g/mol. The number of carbonyl (C=O) groups excluding carboxylic acids is 2. The Morgan fingerprint density at radius 1 is 0.923 bits per heavy atom. The predicted molar refractivity (Wildman–Crippen MR) is 107 cm³/mol. The van der Waals surface area contributed by atoms with Gasteiger partial charge in [0.1, 0.15) is 0 Å². The molecule has 0 saturated heterocycles. The number of aryl methyl sites for hydroxylation is 3. The summed E-state index contributed by atoms with van der Waals surface area (Å²) in [5.74, 6) is -0.188. The molecule has 0 bridgehead atoms. The summed E-state index contributed by atoms with van der Waals surface area (Å²) in [6.07, 6.45) is 0. The highest BCUT2D eigenvalue weighted by Gasteiger charge is 2.16. The molecule has 1 N–H and O–H groups in total. The largest absolute Gasteiger partial charge is 0.324 e. The SMILES string of the molecule is Cc1cc(C)c(NC(=O)CN(C)CC(=O)N(C)c2ccccc2)c(C)c1. The maximum absolute atomic E-state index is 12.4. The van der Waals surface area contributed by atoms with Gasteiger partial charge in [-0.3, -0.25) is 14.5 Å². The Labute approximate surface area is 155 Å². The Balaban J connectivity index is 1.92. The van der Waals surface area contributed by atoms with E-state index in [1.807, 2.05) is 63.2 Å². The summed E-state index contributed by atoms with van der Waals surface area (Å²) in [6, 6.07) is 13.6. The van der Waals surface area contributed by atoms with E-state index in [0.717, 1.165) is 22.5 Å². The Morgan fingerprint density at radius 2 is 1.50 bits per heavy atom. The van der Waals surface area contributed by atoms with Crippen LogP contribution >= 0.6 is 0 Å². The highest BCUT2D eigenvalue weighted by molar-refractivity contribution is 5.96. The fraction of sp³-hybridized carbons (Fsp3) is 0.333. The first-order chi connectivity index (χ1) is 12.3. The molecular weight excluding hydrogens is 326 g/mol. The van der Waals surface area contributed by atoms with Gasteiger partial charge >= 0.3 is 0 Å². The van der Waals surface area contributed by atoms with Crippen LogP contribution in [0.1, 0.15) is 16.7 Å². The molecule has 0 spiro atoms. The zero-order valence-electron chi connectivity index (χ0n) is 16.2. The maximum Gasteiger partial charge on any atom is 0.240 e. The van der Waals surface area contributed by atoms with Crippen LogP contribution in [0, 0.1) is 20.8 Å². The maximum atomic E-state index is 12.4. The lowest BCUT2D eigenvalue weighted by Crippen LogP contribution is -2.40. The van der Waals surface area contributed by atoms with Gasteiger partial charge in [0, 0.05) is 18.4 Å². The van der Waals surface area contributed by atoms with Crippen molar-refractivity contribution >= 4 is 23.2 Å². The summed E-state index contributed by atoms with van der Waals surface area (Å²) in [7, 11) is 3.51. The van der Waals surface area contributed by atoms with Gasteiger partial charge in [0.15, 0.2) is 0 Å². The van der Waals surface area contributed by atoms with Crippen molar-refractivity contribution in [2.45, 2.75) is 20.8 Å². The third-order valence-electron chi connectivity index (χ3n) is 4.28. The fourth-order valence-electron chi connectivity index (χ4n) is 2.99. The van der Waals surface area contributed by atoms with Gasteiger partial charge in [-0.2, -0.15) is 0 Å². The lowest BCUT2D eigenvalue weighted by Gasteiger charge is -2.22. The molecule has 138 valence electrons. The summed E-state index contributed by atoms with van der Waals surface area (Å²) in [4.78, 5) is 28.1. The number of amides is 2. The van der Waals surface area contributed by atoms with E-state index in [1.165, 1.54) is 5.56 Å². The number of benzene rings is 2. The molecule has 0 aliphatic heterocycles. The van der Waals surface area contributed by atoms with Gasteiger partial charge in [0.05, 0.1) is 13.1 Å². The van der Waals surface area contributed by atoms with Crippen LogP contribution in [-0.4, -0.2) is 43.9 Å². The van der Waals surface area contributed by atoms with Crippen molar-refractivity contribution in [3.8, 4) is 0 Å². The number of likely N-dealkylation sites (N-methyl/N-ethyl adjacent to an activating group) is 2. The molecule has 26 heavy (non-hydrogen) atoms. The molecule has 2 rings (SSSR count). The second-order valence-electron chi connectivity index (χ2n) is 6.78. The van der Waals surface area contributed by atoms with Crippen molar-refractivity contribution in [2.24, 2.45) is 0 Å². The average molecular weight is 353 g/mol. The van der Waals surface area contributed by atoms with E-state index in [0.29, 0.717) is 0 Å². The van der Waals surface area contributed by atoms with E-state index < -0.39 is 0 Å². The second-order valence-corrected chi connectivity index (χ2v) is 6.78. The lowest BCUT2D eigenvalue weighted by atomic mass is 10.1. The smallest absolute Gasteiger partial charge is 0.240 e. The minimum atomic E-state index is -0.127. The molecule has 0 radical (unpaired) electrons. The van der Waals surface area contributed by atoms with Crippen molar-refractivity contribution < 1.29 is 9.59 Å². The summed E-state index contributed by atoms with van der Waals surface area (Å²) < 4.78 is 0. The Morgan fingerprint density at radius 3 is 2.08 bits per heavy atom. The van der Waals surface area contributed by atoms with Crippen molar-refractivity contribution in [2.75, 3.05) is 37.4 Å². The molecule has 0 atom stereocenters. The van der Waals surface area contributed by atoms with E-state index in [1.54, 1.807) is 23.9 Å². The molecule has 5 heteroatoms. The number of hydrogen-bond donors (Lipinski definition) is 1. The molecule has 0 unspecified atom stereocenters. The normalized spacial score (nSPS) is 10.7. The topological polar surface area (TPSA) is 52.7 Å². The number of para-hydroxylation sites is 1. The lowest BCUT2D eigenvalue weighted by molar-refractivity contribution is -0.120. The molecule has 2 amide bonds. The summed E-state index contributed by atoms with van der Waals surface area (Å²) in [5.41, 5.74) is 4.93. The van der Waals surface area contributed by atoms with Crippen LogP contribution in [0.2, 0.25) is 0 Å². The van der Waals surface area contributed by atoms with Crippen LogP contribution in [0.3, 0.4) is 0 Å². The van der Waals surface area contributed by atoms with E-state index >= 15 is 0 Å². The number of rotatable bonds is 6. The second kappa shape index (κ2) is 8.63. The van der Waals surface area contributed by atoms with Crippen LogP contribution in [0.5, 0.6) is 0 Å². The summed E-state index contributed by atoms with van der Waals surface area (Å²) >= 11 is 0. The first kappa shape index (κ1) is 19.7. The van der Waals surface area contributed by atoms with Crippen molar-refractivity contribution in [3.05, 3.63) is 59.2 Å². The first-order valence-corrected chi connectivity index (χ1v) is 8.65. The van der Waals surface area contributed by atoms with Gasteiger partial charge in [-0.25, -0.2) is 0 Å². The van der Waals surface area contributed by atoms with Gasteiger partial charge < -0.3 is 10.2 Å². The van der Waals surface area contributed by atoms with E-state index in [2.05, 4.69) is 5.32 Å². The van der Waals surface area contributed by atoms with Crippen molar-refractivity contribution in [3.63, 3.8) is 0 Å². The minimum Gasteiger partial charge on any atom is -0.324 e. The number of nitrogens with one attached hydrogen (secondary N) is 1. The van der Waals surface area contributed by atoms with E-state index in [-0.39, 0.29) is 24.9 Å². The number of carbonyl (C=O) groups is 2. The van der Waals surface area contributed by atoms with Gasteiger partial charge in [-0.15, -0.1) is 0 Å². The Hall–Kier alpha value is -2.66. The van der Waals surface area contributed by atoms with Crippen molar-refractivity contribution in [1.29, 1.82) is 0 Å². The molecule has 0 aliphatic rings. The molecule has 0 aliphatic carbocycles. The van der Waals surface area contributed by atoms with Crippen molar-refractivity contribution in [1.82, 2.24) is 4.90 Å². The molecule has 5 nitrogen and oxygen atoms in total. The summed E-state index contributed by atoms with van der Waals surface area (Å²) in [5, 5.41) is 2.97. The highest BCUT2D eigenvalue weighted by Crippen LogP contribution is 2.21. The van der Waals surface area contributed by atoms with Gasteiger partial charge in [-0.05, 0) is 51.1 Å². The fourth-order valence-corrected chi connectivity index (χ4v) is 2.99. The average Bonchev–Trinajstić information content (AvgIpc) is 2.58. The number of nitrogens with zero attached hydrogens (tertiary/aromatic N) is 2. The third kappa shape index (κ3) is 5.17. The van der Waals surface area contributed by atoms with Gasteiger partial charge in [-0.1, -0.05) is 35.9 Å². The van der Waals surface area contributed by atoms with Crippen LogP contribution in [-0.2, 0) is 9.59 Å². The molecular formula is C21H27N3O2. The van der Waals surface area contributed by atoms with E-state index in [9.17, 15) is 9.59 Å². The number of anilines is 2. The first-order valence-electron chi connectivity index (χ1n) is 8.65. The Bertz CT molecular complexity index is 764. The van der Waals surface area contributed by atoms with Crippen LogP contribution in [0.15, 0.2) is 42.5 Å². The molecule has 0 saturated carbocycles. The molecule has 2 aromatic rings. The van der Waals surface area contributed by atoms with Gasteiger partial charge in [0.25, 0.3) is 0 Å². The van der Waals surface area contributed by atoms with Crippen LogP contribution in [0.4, 0.5) is 11.4 Å². The highest BCUT2D eigenvalue weighted by atomic mass is 16.2. The molecule has 0 fully saturated rings. The standard InChI is InChI=1S/C21H27N3O2/c1-15-11-16(2)21(17(3)12-15)22-19(25)13-23(4)14-20(26)24(5)18-9-7-6-8-10-18/h6-12H,13-14H2,1-5H3,(H,22,25).